The van der Waals surface area contributed by atoms with Crippen molar-refractivity contribution in [3.8, 4) is 0 Å². The Morgan fingerprint density at radius 2 is 1.83 bits per heavy atom. The summed E-state index contributed by atoms with van der Waals surface area (Å²) < 4.78 is 0. The number of piperidine rings is 1. The molecule has 0 radical (unpaired) electrons. The van der Waals surface area contributed by atoms with Crippen LogP contribution in [0, 0.1) is 0 Å². The van der Waals surface area contributed by atoms with E-state index in [9.17, 15) is 4.79 Å². The van der Waals surface area contributed by atoms with E-state index >= 15 is 0 Å². The van der Waals surface area contributed by atoms with Crippen LogP contribution in [0.15, 0.2) is 30.3 Å². The van der Waals surface area contributed by atoms with Gasteiger partial charge in [-0.1, -0.05) is 30.3 Å². The van der Waals surface area contributed by atoms with Gasteiger partial charge in [0, 0.05) is 39.1 Å². The standard InChI is InChI=1S/C18H29N3O.2ClH/c1-19-12-6-9-18(22)20(2)17-10-13-21(14-11-17)15-16-7-4-3-5-8-16;;/h3-5,7-8,17,19H,6,9-15H2,1-2H3;2*1H. The van der Waals surface area contributed by atoms with E-state index in [1.807, 2.05) is 19.0 Å². The van der Waals surface area contributed by atoms with Gasteiger partial charge in [0.1, 0.15) is 0 Å². The molecule has 1 aromatic rings. The van der Waals surface area contributed by atoms with E-state index in [0.717, 1.165) is 45.4 Å². The summed E-state index contributed by atoms with van der Waals surface area (Å²) in [5, 5.41) is 3.09. The highest BCUT2D eigenvalue weighted by Gasteiger charge is 2.24. The second-order valence-corrected chi connectivity index (χ2v) is 6.20. The molecule has 0 atom stereocenters. The quantitative estimate of drug-likeness (QED) is 0.744. The Balaban J connectivity index is 0.00000264. The summed E-state index contributed by atoms with van der Waals surface area (Å²) in [6.07, 6.45) is 3.75. The Hall–Kier alpha value is -0.810. The first-order valence-electron chi connectivity index (χ1n) is 8.37. The maximum Gasteiger partial charge on any atom is 0.222 e. The number of nitrogens with zero attached hydrogens (tertiary/aromatic N) is 2. The van der Waals surface area contributed by atoms with Crippen molar-refractivity contribution in [3.05, 3.63) is 35.9 Å². The van der Waals surface area contributed by atoms with Crippen LogP contribution in [0.4, 0.5) is 0 Å². The zero-order chi connectivity index (χ0) is 15.8. The summed E-state index contributed by atoms with van der Waals surface area (Å²) in [6, 6.07) is 11.0. The van der Waals surface area contributed by atoms with Crippen molar-refractivity contribution >= 4 is 30.7 Å². The lowest BCUT2D eigenvalue weighted by Crippen LogP contribution is -2.45. The van der Waals surface area contributed by atoms with Crippen molar-refractivity contribution in [3.63, 3.8) is 0 Å². The van der Waals surface area contributed by atoms with Crippen molar-refractivity contribution in [2.75, 3.05) is 33.7 Å². The largest absolute Gasteiger partial charge is 0.343 e. The molecule has 1 aliphatic heterocycles. The van der Waals surface area contributed by atoms with Gasteiger partial charge in [0.2, 0.25) is 5.91 Å². The SMILES string of the molecule is CNCCCC(=O)N(C)C1CCN(Cc2ccccc2)CC1.Cl.Cl. The van der Waals surface area contributed by atoms with Gasteiger partial charge in [0.15, 0.2) is 0 Å². The second kappa shape index (κ2) is 12.5. The van der Waals surface area contributed by atoms with Gasteiger partial charge in [-0.25, -0.2) is 0 Å². The lowest BCUT2D eigenvalue weighted by atomic mass is 10.0. The van der Waals surface area contributed by atoms with Crippen LogP contribution in [0.5, 0.6) is 0 Å². The molecule has 1 aromatic carbocycles. The molecule has 1 fully saturated rings. The number of benzene rings is 1. The minimum atomic E-state index is 0. The summed E-state index contributed by atoms with van der Waals surface area (Å²) in [5.74, 6) is 0.289. The van der Waals surface area contributed by atoms with E-state index in [0.29, 0.717) is 12.5 Å². The molecule has 6 heteroatoms. The van der Waals surface area contributed by atoms with Crippen LogP contribution >= 0.6 is 24.8 Å². The summed E-state index contributed by atoms with van der Waals surface area (Å²) in [5.41, 5.74) is 1.37. The Morgan fingerprint density at radius 1 is 1.21 bits per heavy atom. The highest BCUT2D eigenvalue weighted by atomic mass is 35.5. The zero-order valence-electron chi connectivity index (χ0n) is 14.7. The molecule has 1 aliphatic rings. The van der Waals surface area contributed by atoms with Gasteiger partial charge < -0.3 is 10.2 Å². The van der Waals surface area contributed by atoms with Crippen LogP contribution in [0.1, 0.15) is 31.2 Å². The van der Waals surface area contributed by atoms with Gasteiger partial charge in [-0.2, -0.15) is 0 Å². The van der Waals surface area contributed by atoms with Crippen molar-refractivity contribution in [1.29, 1.82) is 0 Å². The third kappa shape index (κ3) is 7.39. The monoisotopic (exact) mass is 375 g/mol. The Bertz CT molecular complexity index is 451. The maximum absolute atomic E-state index is 12.2. The minimum Gasteiger partial charge on any atom is -0.343 e. The lowest BCUT2D eigenvalue weighted by Gasteiger charge is -2.37. The molecule has 1 N–H and O–H groups in total. The minimum absolute atomic E-state index is 0. The maximum atomic E-state index is 12.2. The average molecular weight is 376 g/mol. The number of rotatable bonds is 7. The Kier molecular flexibility index (Phi) is 12.1. The molecule has 138 valence electrons. The number of hydrogen-bond donors (Lipinski definition) is 1. The highest BCUT2D eigenvalue weighted by molar-refractivity contribution is 5.85. The number of halogens is 2. The summed E-state index contributed by atoms with van der Waals surface area (Å²) >= 11 is 0. The van der Waals surface area contributed by atoms with Gasteiger partial charge in [-0.15, -0.1) is 24.8 Å². The van der Waals surface area contributed by atoms with Gasteiger partial charge >= 0.3 is 0 Å². The van der Waals surface area contributed by atoms with Gasteiger partial charge in [-0.05, 0) is 38.4 Å². The van der Waals surface area contributed by atoms with Gasteiger partial charge in [0.05, 0.1) is 0 Å². The molecule has 1 amide bonds. The molecule has 24 heavy (non-hydrogen) atoms. The van der Waals surface area contributed by atoms with Crippen LogP contribution < -0.4 is 5.32 Å². The zero-order valence-corrected chi connectivity index (χ0v) is 16.4. The van der Waals surface area contributed by atoms with Crippen LogP contribution in [0.25, 0.3) is 0 Å². The predicted octanol–water partition coefficient (Wildman–Crippen LogP) is 2.95. The van der Waals surface area contributed by atoms with Crippen molar-refractivity contribution in [1.82, 2.24) is 15.1 Å². The fourth-order valence-corrected chi connectivity index (χ4v) is 3.10. The third-order valence-electron chi connectivity index (χ3n) is 4.56. The topological polar surface area (TPSA) is 35.6 Å². The summed E-state index contributed by atoms with van der Waals surface area (Å²) in [4.78, 5) is 16.6. The number of hydrogen-bond acceptors (Lipinski definition) is 3. The molecule has 0 aromatic heterocycles. The molecule has 0 saturated carbocycles. The first-order valence-corrected chi connectivity index (χ1v) is 8.37. The van der Waals surface area contributed by atoms with Crippen LogP contribution in [-0.4, -0.2) is 55.5 Å². The van der Waals surface area contributed by atoms with E-state index in [2.05, 4.69) is 40.5 Å². The summed E-state index contributed by atoms with van der Waals surface area (Å²) in [6.45, 7) is 4.09. The first kappa shape index (κ1) is 23.2. The van der Waals surface area contributed by atoms with E-state index in [4.69, 9.17) is 0 Å². The number of likely N-dealkylation sites (tertiary alicyclic amines) is 1. The predicted molar refractivity (Wildman–Crippen MR) is 105 cm³/mol. The van der Waals surface area contributed by atoms with Crippen molar-refractivity contribution < 1.29 is 4.79 Å². The molecule has 0 spiro atoms. The Labute approximate surface area is 158 Å². The smallest absolute Gasteiger partial charge is 0.222 e. The second-order valence-electron chi connectivity index (χ2n) is 6.20. The molecule has 0 unspecified atom stereocenters. The highest BCUT2D eigenvalue weighted by Crippen LogP contribution is 2.18. The lowest BCUT2D eigenvalue weighted by molar-refractivity contribution is -0.132. The third-order valence-corrected chi connectivity index (χ3v) is 4.56. The number of amides is 1. The fourth-order valence-electron chi connectivity index (χ4n) is 3.10. The number of carbonyl (C=O) groups excluding carboxylic acids is 1. The average Bonchev–Trinajstić information content (AvgIpc) is 2.56. The summed E-state index contributed by atoms with van der Waals surface area (Å²) in [7, 11) is 3.90. The first-order chi connectivity index (χ1) is 10.7. The van der Waals surface area contributed by atoms with Crippen LogP contribution in [0.2, 0.25) is 0 Å². The van der Waals surface area contributed by atoms with E-state index < -0.39 is 0 Å². The fraction of sp³-hybridized carbons (Fsp3) is 0.611. The van der Waals surface area contributed by atoms with E-state index in [1.165, 1.54) is 5.56 Å². The molecule has 2 rings (SSSR count). The van der Waals surface area contributed by atoms with E-state index in [1.54, 1.807) is 0 Å². The molecule has 1 saturated heterocycles. The molecule has 4 nitrogen and oxygen atoms in total. The van der Waals surface area contributed by atoms with E-state index in [-0.39, 0.29) is 30.7 Å². The van der Waals surface area contributed by atoms with Crippen LogP contribution in [-0.2, 0) is 11.3 Å². The molecule has 0 bridgehead atoms. The molecular formula is C18H31Cl2N3O. The van der Waals surface area contributed by atoms with Crippen molar-refractivity contribution in [2.45, 2.75) is 38.3 Å². The number of carbonyl (C=O) groups is 1. The van der Waals surface area contributed by atoms with Crippen LogP contribution in [0.3, 0.4) is 0 Å². The number of nitrogens with one attached hydrogen (secondary N) is 1. The molecule has 0 aliphatic carbocycles. The van der Waals surface area contributed by atoms with Gasteiger partial charge in [-0.3, -0.25) is 9.69 Å². The van der Waals surface area contributed by atoms with Gasteiger partial charge in [0.25, 0.3) is 0 Å². The molecule has 1 heterocycles. The van der Waals surface area contributed by atoms with Crippen molar-refractivity contribution in [2.24, 2.45) is 0 Å². The normalized spacial score (nSPS) is 15.2. The molecular weight excluding hydrogens is 345 g/mol. The Morgan fingerprint density at radius 3 is 2.42 bits per heavy atom.